The van der Waals surface area contributed by atoms with Gasteiger partial charge in [-0.3, -0.25) is 20.9 Å². The average molecular weight is 281 g/mol. The van der Waals surface area contributed by atoms with Crippen LogP contribution in [0.3, 0.4) is 0 Å². The molecule has 1 aliphatic heterocycles. The summed E-state index contributed by atoms with van der Waals surface area (Å²) in [5.41, 5.74) is 4.16. The van der Waals surface area contributed by atoms with Crippen molar-refractivity contribution in [3.63, 3.8) is 0 Å². The van der Waals surface area contributed by atoms with Crippen LogP contribution in [-0.2, 0) is 18.2 Å². The number of morpholine rings is 1. The zero-order valence-corrected chi connectivity index (χ0v) is 12.7. The van der Waals surface area contributed by atoms with E-state index in [1.165, 1.54) is 5.69 Å². The highest BCUT2D eigenvalue weighted by molar-refractivity contribution is 5.01. The van der Waals surface area contributed by atoms with Gasteiger partial charge >= 0.3 is 0 Å². The van der Waals surface area contributed by atoms with Gasteiger partial charge in [-0.15, -0.1) is 0 Å². The maximum Gasteiger partial charge on any atom is 0.0868 e. The standard InChI is InChI=1S/C14H27N5O/c1-11(2)19-8-9-20-14(10-19)13(17-15)5-4-12-6-7-16-18(12)3/h6-7,11,13-14,17H,4-5,8-10,15H2,1-3H3. The van der Waals surface area contributed by atoms with Crippen molar-refractivity contribution < 1.29 is 4.74 Å². The Balaban J connectivity index is 1.89. The van der Waals surface area contributed by atoms with Crippen LogP contribution >= 0.6 is 0 Å². The van der Waals surface area contributed by atoms with E-state index in [-0.39, 0.29) is 12.1 Å². The molecule has 2 rings (SSSR count). The average Bonchev–Trinajstić information content (AvgIpc) is 2.85. The van der Waals surface area contributed by atoms with Gasteiger partial charge in [0, 0.05) is 44.1 Å². The van der Waals surface area contributed by atoms with Crippen molar-refractivity contribution in [3.8, 4) is 0 Å². The van der Waals surface area contributed by atoms with E-state index in [1.54, 1.807) is 0 Å². The number of rotatable bonds is 6. The van der Waals surface area contributed by atoms with E-state index in [1.807, 2.05) is 17.9 Å². The molecule has 0 amide bonds. The number of nitrogens with zero attached hydrogens (tertiary/aromatic N) is 3. The molecule has 0 bridgehead atoms. The third-order valence-electron chi connectivity index (χ3n) is 4.15. The smallest absolute Gasteiger partial charge is 0.0868 e. The fraction of sp³-hybridized carbons (Fsp3) is 0.786. The van der Waals surface area contributed by atoms with Crippen molar-refractivity contribution in [2.75, 3.05) is 19.7 Å². The minimum absolute atomic E-state index is 0.157. The van der Waals surface area contributed by atoms with Gasteiger partial charge in [-0.25, -0.2) is 0 Å². The van der Waals surface area contributed by atoms with Crippen molar-refractivity contribution in [1.29, 1.82) is 0 Å². The molecule has 20 heavy (non-hydrogen) atoms. The number of hydrazine groups is 1. The summed E-state index contributed by atoms with van der Waals surface area (Å²) in [4.78, 5) is 2.45. The third-order valence-corrected chi connectivity index (χ3v) is 4.15. The molecule has 1 aromatic heterocycles. The van der Waals surface area contributed by atoms with Crippen LogP contribution < -0.4 is 11.3 Å². The second-order valence-corrected chi connectivity index (χ2v) is 5.76. The van der Waals surface area contributed by atoms with Gasteiger partial charge in [0.25, 0.3) is 0 Å². The van der Waals surface area contributed by atoms with Gasteiger partial charge in [0.15, 0.2) is 0 Å². The van der Waals surface area contributed by atoms with E-state index in [9.17, 15) is 0 Å². The minimum atomic E-state index is 0.157. The largest absolute Gasteiger partial charge is 0.374 e. The van der Waals surface area contributed by atoms with Crippen molar-refractivity contribution in [2.24, 2.45) is 12.9 Å². The third kappa shape index (κ3) is 3.79. The van der Waals surface area contributed by atoms with Gasteiger partial charge in [-0.05, 0) is 32.8 Å². The molecule has 0 aromatic carbocycles. The fourth-order valence-corrected chi connectivity index (χ4v) is 2.74. The van der Waals surface area contributed by atoms with E-state index < -0.39 is 0 Å². The van der Waals surface area contributed by atoms with Crippen LogP contribution in [0.25, 0.3) is 0 Å². The van der Waals surface area contributed by atoms with Gasteiger partial charge in [0.05, 0.1) is 12.7 Å². The molecular formula is C14H27N5O. The zero-order chi connectivity index (χ0) is 14.5. The molecular weight excluding hydrogens is 254 g/mol. The molecule has 2 heterocycles. The summed E-state index contributed by atoms with van der Waals surface area (Å²) in [6.07, 6.45) is 3.89. The fourth-order valence-electron chi connectivity index (χ4n) is 2.74. The van der Waals surface area contributed by atoms with Crippen LogP contribution in [-0.4, -0.2) is 52.6 Å². The topological polar surface area (TPSA) is 68.3 Å². The second-order valence-electron chi connectivity index (χ2n) is 5.76. The maximum atomic E-state index is 5.90. The van der Waals surface area contributed by atoms with Gasteiger partial charge in [-0.2, -0.15) is 5.10 Å². The molecule has 2 unspecified atom stereocenters. The lowest BCUT2D eigenvalue weighted by molar-refractivity contribution is -0.0565. The molecule has 6 heteroatoms. The molecule has 0 spiro atoms. The Morgan fingerprint density at radius 2 is 2.35 bits per heavy atom. The Hall–Kier alpha value is -0.950. The van der Waals surface area contributed by atoms with Gasteiger partial charge in [-0.1, -0.05) is 0 Å². The van der Waals surface area contributed by atoms with E-state index >= 15 is 0 Å². The summed E-state index contributed by atoms with van der Waals surface area (Å²) >= 11 is 0. The van der Waals surface area contributed by atoms with Gasteiger partial charge in [0.2, 0.25) is 0 Å². The highest BCUT2D eigenvalue weighted by atomic mass is 16.5. The molecule has 1 fully saturated rings. The summed E-state index contributed by atoms with van der Waals surface area (Å²) in [5, 5.41) is 4.19. The Morgan fingerprint density at radius 1 is 1.55 bits per heavy atom. The van der Waals surface area contributed by atoms with Gasteiger partial charge in [0.1, 0.15) is 0 Å². The molecule has 1 aliphatic rings. The Labute approximate surface area is 121 Å². The number of hydrogen-bond donors (Lipinski definition) is 2. The quantitative estimate of drug-likeness (QED) is 0.579. The lowest BCUT2D eigenvalue weighted by Crippen LogP contribution is -2.55. The minimum Gasteiger partial charge on any atom is -0.374 e. The van der Waals surface area contributed by atoms with Crippen molar-refractivity contribution in [3.05, 3.63) is 18.0 Å². The monoisotopic (exact) mass is 281 g/mol. The number of nitrogens with two attached hydrogens (primary N) is 1. The summed E-state index contributed by atoms with van der Waals surface area (Å²) < 4.78 is 7.82. The predicted molar refractivity (Wildman–Crippen MR) is 79.1 cm³/mol. The number of hydrogen-bond acceptors (Lipinski definition) is 5. The molecule has 6 nitrogen and oxygen atoms in total. The zero-order valence-electron chi connectivity index (χ0n) is 12.7. The Bertz CT molecular complexity index is 406. The van der Waals surface area contributed by atoms with Crippen LogP contribution in [0.1, 0.15) is 26.0 Å². The van der Waals surface area contributed by atoms with Gasteiger partial charge < -0.3 is 4.74 Å². The molecule has 114 valence electrons. The highest BCUT2D eigenvalue weighted by Crippen LogP contribution is 2.15. The van der Waals surface area contributed by atoms with Crippen LogP contribution in [0.5, 0.6) is 0 Å². The van der Waals surface area contributed by atoms with Crippen molar-refractivity contribution in [1.82, 2.24) is 20.1 Å². The highest BCUT2D eigenvalue weighted by Gasteiger charge is 2.28. The Morgan fingerprint density at radius 3 is 2.95 bits per heavy atom. The molecule has 0 aliphatic carbocycles. The van der Waals surface area contributed by atoms with E-state index in [0.717, 1.165) is 32.5 Å². The molecule has 1 saturated heterocycles. The molecule has 0 saturated carbocycles. The van der Waals surface area contributed by atoms with E-state index in [2.05, 4.69) is 35.3 Å². The van der Waals surface area contributed by atoms with E-state index in [0.29, 0.717) is 6.04 Å². The maximum absolute atomic E-state index is 5.90. The van der Waals surface area contributed by atoms with Crippen LogP contribution in [0, 0.1) is 0 Å². The normalized spacial score (nSPS) is 22.4. The van der Waals surface area contributed by atoms with Crippen molar-refractivity contribution in [2.45, 2.75) is 44.9 Å². The second kappa shape index (κ2) is 7.17. The number of ether oxygens (including phenoxy) is 1. The molecule has 2 atom stereocenters. The first-order valence-electron chi connectivity index (χ1n) is 7.40. The van der Waals surface area contributed by atoms with E-state index in [4.69, 9.17) is 10.6 Å². The molecule has 3 N–H and O–H groups in total. The molecule has 1 aromatic rings. The summed E-state index contributed by atoms with van der Waals surface area (Å²) in [7, 11) is 1.97. The van der Waals surface area contributed by atoms with Crippen LogP contribution in [0.2, 0.25) is 0 Å². The van der Waals surface area contributed by atoms with Crippen molar-refractivity contribution >= 4 is 0 Å². The van der Waals surface area contributed by atoms with Crippen LogP contribution in [0.15, 0.2) is 12.3 Å². The summed E-state index contributed by atoms with van der Waals surface area (Å²) in [5.74, 6) is 5.73. The SMILES string of the molecule is CC(C)N1CCOC(C(CCc2ccnn2C)NN)C1. The summed E-state index contributed by atoms with van der Waals surface area (Å²) in [6.45, 7) is 7.18. The number of aryl methyl sites for hydroxylation is 2. The lowest BCUT2D eigenvalue weighted by atomic mass is 10.0. The summed E-state index contributed by atoms with van der Waals surface area (Å²) in [6, 6.07) is 2.78. The first-order chi connectivity index (χ1) is 9.61. The first kappa shape index (κ1) is 15.4. The number of aromatic nitrogens is 2. The molecule has 0 radical (unpaired) electrons. The van der Waals surface area contributed by atoms with Crippen LogP contribution in [0.4, 0.5) is 0 Å². The lowest BCUT2D eigenvalue weighted by Gasteiger charge is -2.38. The first-order valence-corrected chi connectivity index (χ1v) is 7.40. The number of nitrogens with one attached hydrogen (secondary N) is 1. The Kier molecular flexibility index (Phi) is 5.54. The predicted octanol–water partition coefficient (Wildman–Crippen LogP) is 0.294.